The molecule has 74 valence electrons. The van der Waals surface area contributed by atoms with Crippen molar-refractivity contribution in [3.05, 3.63) is 22.6 Å². The van der Waals surface area contributed by atoms with Gasteiger partial charge in [0.2, 0.25) is 0 Å². The quantitative estimate of drug-likeness (QED) is 0.786. The lowest BCUT2D eigenvalue weighted by Crippen LogP contribution is -1.91. The Morgan fingerprint density at radius 1 is 1.57 bits per heavy atom. The number of halogens is 2. The van der Waals surface area contributed by atoms with Gasteiger partial charge in [-0.3, -0.25) is 4.68 Å². The number of methoxy groups -OCH3 is 1. The van der Waals surface area contributed by atoms with E-state index in [1.54, 1.807) is 24.0 Å². The summed E-state index contributed by atoms with van der Waals surface area (Å²) in [5, 5.41) is 4.75. The number of ether oxygens (including phenoxy) is 1. The van der Waals surface area contributed by atoms with E-state index in [0.717, 1.165) is 5.39 Å². The van der Waals surface area contributed by atoms with Crippen LogP contribution in [0.5, 0.6) is 5.75 Å². The molecule has 0 unspecified atom stereocenters. The Morgan fingerprint density at radius 2 is 2.29 bits per heavy atom. The van der Waals surface area contributed by atoms with Gasteiger partial charge in [0.1, 0.15) is 5.52 Å². The second-order valence-corrected chi connectivity index (χ2v) is 3.80. The molecule has 3 nitrogen and oxygen atoms in total. The van der Waals surface area contributed by atoms with Gasteiger partial charge in [-0.15, -0.1) is 0 Å². The Hall–Kier alpha value is -1.10. The Balaban J connectivity index is 2.84. The van der Waals surface area contributed by atoms with E-state index in [-0.39, 0.29) is 5.75 Å². The Bertz CT molecular complexity index is 495. The lowest BCUT2D eigenvalue weighted by molar-refractivity contribution is 0.386. The fraction of sp³-hybridized carbons (Fsp3) is 0.222. The van der Waals surface area contributed by atoms with Crippen LogP contribution in [-0.4, -0.2) is 16.9 Å². The predicted octanol–water partition coefficient (Wildman–Crippen LogP) is 2.48. The number of nitrogens with zero attached hydrogens (tertiary/aromatic N) is 2. The smallest absolute Gasteiger partial charge is 0.194 e. The van der Waals surface area contributed by atoms with E-state index in [1.807, 2.05) is 0 Å². The molecule has 0 atom stereocenters. The van der Waals surface area contributed by atoms with Crippen LogP contribution in [0.3, 0.4) is 0 Å². The average Bonchev–Trinajstić information content (AvgIpc) is 2.47. The fourth-order valence-electron chi connectivity index (χ4n) is 1.38. The molecule has 14 heavy (non-hydrogen) atoms. The zero-order valence-corrected chi connectivity index (χ0v) is 9.30. The third-order valence-electron chi connectivity index (χ3n) is 1.97. The summed E-state index contributed by atoms with van der Waals surface area (Å²) in [6.45, 7) is 0. The third kappa shape index (κ3) is 1.28. The van der Waals surface area contributed by atoms with Crippen molar-refractivity contribution >= 4 is 26.8 Å². The van der Waals surface area contributed by atoms with E-state index in [0.29, 0.717) is 9.99 Å². The molecule has 0 aliphatic rings. The largest absolute Gasteiger partial charge is 0.492 e. The van der Waals surface area contributed by atoms with Gasteiger partial charge < -0.3 is 4.74 Å². The van der Waals surface area contributed by atoms with Gasteiger partial charge in [-0.05, 0) is 22.0 Å². The second-order valence-electron chi connectivity index (χ2n) is 2.95. The van der Waals surface area contributed by atoms with Gasteiger partial charge in [0.05, 0.1) is 11.6 Å². The molecule has 0 spiro atoms. The van der Waals surface area contributed by atoms with Crippen LogP contribution in [0, 0.1) is 5.82 Å². The SMILES string of the molecule is COc1c(Br)cc2cn(C)nc2c1F. The van der Waals surface area contributed by atoms with Crippen LogP contribution >= 0.6 is 15.9 Å². The van der Waals surface area contributed by atoms with Crippen molar-refractivity contribution in [3.63, 3.8) is 0 Å². The molecule has 0 fully saturated rings. The van der Waals surface area contributed by atoms with Gasteiger partial charge >= 0.3 is 0 Å². The Labute approximate surface area is 88.6 Å². The third-order valence-corrected chi connectivity index (χ3v) is 2.56. The number of rotatable bonds is 1. The van der Waals surface area contributed by atoms with Crippen LogP contribution in [0.1, 0.15) is 0 Å². The molecule has 2 aromatic rings. The summed E-state index contributed by atoms with van der Waals surface area (Å²) in [6, 6.07) is 1.78. The molecule has 1 heterocycles. The summed E-state index contributed by atoms with van der Waals surface area (Å²) in [6.07, 6.45) is 1.75. The summed E-state index contributed by atoms with van der Waals surface area (Å²) in [4.78, 5) is 0. The number of aryl methyl sites for hydroxylation is 1. The summed E-state index contributed by atoms with van der Waals surface area (Å²) in [5.74, 6) is -0.242. The monoisotopic (exact) mass is 258 g/mol. The van der Waals surface area contributed by atoms with Gasteiger partial charge in [-0.1, -0.05) is 0 Å². The lowest BCUT2D eigenvalue weighted by atomic mass is 10.2. The van der Waals surface area contributed by atoms with E-state index in [1.165, 1.54) is 7.11 Å². The highest BCUT2D eigenvalue weighted by atomic mass is 79.9. The van der Waals surface area contributed by atoms with Crippen LogP contribution in [0.15, 0.2) is 16.7 Å². The standard InChI is InChI=1S/C9H8BrFN2O/c1-13-4-5-3-6(10)9(14-2)7(11)8(5)12-13/h3-4H,1-2H3. The maximum absolute atomic E-state index is 13.7. The summed E-state index contributed by atoms with van der Waals surface area (Å²) in [7, 11) is 3.18. The number of fused-ring (bicyclic) bond motifs is 1. The molecule has 0 radical (unpaired) electrons. The molecule has 0 aliphatic carbocycles. The van der Waals surface area contributed by atoms with Crippen molar-refractivity contribution in [1.29, 1.82) is 0 Å². The second kappa shape index (κ2) is 3.24. The molecule has 0 saturated carbocycles. The molecule has 1 aromatic heterocycles. The van der Waals surface area contributed by atoms with Crippen LogP contribution < -0.4 is 4.74 Å². The highest BCUT2D eigenvalue weighted by Gasteiger charge is 2.14. The molecule has 1 aromatic carbocycles. The van der Waals surface area contributed by atoms with Crippen LogP contribution in [-0.2, 0) is 7.05 Å². The van der Waals surface area contributed by atoms with Crippen molar-refractivity contribution in [1.82, 2.24) is 9.78 Å². The molecule has 0 amide bonds. The number of hydrogen-bond donors (Lipinski definition) is 0. The van der Waals surface area contributed by atoms with E-state index in [4.69, 9.17) is 4.74 Å². The first-order valence-electron chi connectivity index (χ1n) is 3.99. The zero-order valence-electron chi connectivity index (χ0n) is 7.71. The van der Waals surface area contributed by atoms with Gasteiger partial charge in [0, 0.05) is 18.6 Å². The van der Waals surface area contributed by atoms with Crippen LogP contribution in [0.2, 0.25) is 0 Å². The summed E-state index contributed by atoms with van der Waals surface area (Å²) < 4.78 is 20.8. The number of benzene rings is 1. The Morgan fingerprint density at radius 3 is 2.93 bits per heavy atom. The fourth-order valence-corrected chi connectivity index (χ4v) is 1.97. The van der Waals surface area contributed by atoms with Gasteiger partial charge in [0.15, 0.2) is 11.6 Å². The normalized spacial score (nSPS) is 10.9. The first-order chi connectivity index (χ1) is 6.63. The average molecular weight is 259 g/mol. The number of aromatic nitrogens is 2. The highest BCUT2D eigenvalue weighted by Crippen LogP contribution is 2.33. The number of hydrogen-bond acceptors (Lipinski definition) is 2. The predicted molar refractivity (Wildman–Crippen MR) is 54.9 cm³/mol. The highest BCUT2D eigenvalue weighted by molar-refractivity contribution is 9.10. The molecule has 0 bridgehead atoms. The minimum Gasteiger partial charge on any atom is -0.492 e. The first kappa shape index (κ1) is 9.45. The molecule has 0 aliphatic heterocycles. The van der Waals surface area contributed by atoms with Gasteiger partial charge in [-0.25, -0.2) is 4.39 Å². The topological polar surface area (TPSA) is 27.1 Å². The molecule has 5 heteroatoms. The first-order valence-corrected chi connectivity index (χ1v) is 4.78. The summed E-state index contributed by atoms with van der Waals surface area (Å²) >= 11 is 3.24. The van der Waals surface area contributed by atoms with E-state index in [2.05, 4.69) is 21.0 Å². The van der Waals surface area contributed by atoms with E-state index >= 15 is 0 Å². The zero-order chi connectivity index (χ0) is 10.3. The minimum absolute atomic E-state index is 0.191. The Kier molecular flexibility index (Phi) is 2.19. The van der Waals surface area contributed by atoms with Gasteiger partial charge in [0.25, 0.3) is 0 Å². The van der Waals surface area contributed by atoms with Gasteiger partial charge in [-0.2, -0.15) is 5.10 Å². The summed E-state index contributed by atoms with van der Waals surface area (Å²) in [5.41, 5.74) is 0.326. The van der Waals surface area contributed by atoms with Crippen molar-refractivity contribution in [2.75, 3.05) is 7.11 Å². The van der Waals surface area contributed by atoms with Crippen molar-refractivity contribution in [2.45, 2.75) is 0 Å². The van der Waals surface area contributed by atoms with Crippen LogP contribution in [0.25, 0.3) is 10.9 Å². The molecule has 2 rings (SSSR count). The van der Waals surface area contributed by atoms with Crippen LogP contribution in [0.4, 0.5) is 4.39 Å². The molecular formula is C9H8BrFN2O. The molecule has 0 saturated heterocycles. The molecular weight excluding hydrogens is 251 g/mol. The van der Waals surface area contributed by atoms with Crippen molar-refractivity contribution in [3.8, 4) is 5.75 Å². The maximum Gasteiger partial charge on any atom is 0.194 e. The van der Waals surface area contributed by atoms with Crippen molar-refractivity contribution < 1.29 is 9.13 Å². The van der Waals surface area contributed by atoms with E-state index in [9.17, 15) is 4.39 Å². The van der Waals surface area contributed by atoms with E-state index < -0.39 is 5.82 Å². The van der Waals surface area contributed by atoms with Crippen molar-refractivity contribution in [2.24, 2.45) is 7.05 Å². The lowest BCUT2D eigenvalue weighted by Gasteiger charge is -2.03. The maximum atomic E-state index is 13.7. The minimum atomic E-state index is -0.433. The molecule has 0 N–H and O–H groups in total.